The minimum absolute atomic E-state index is 0.720. The lowest BCUT2D eigenvalue weighted by molar-refractivity contribution is 0.0395. The van der Waals surface area contributed by atoms with Crippen LogP contribution in [0.25, 0.3) is 0 Å². The van der Waals surface area contributed by atoms with Crippen LogP contribution in [-0.2, 0) is 4.74 Å². The predicted octanol–water partition coefficient (Wildman–Crippen LogP) is 6.35. The Bertz CT molecular complexity index is 214. The normalized spacial score (nSPS) is 18.1. The van der Waals surface area contributed by atoms with E-state index in [0.29, 0.717) is 0 Å². The van der Waals surface area contributed by atoms with E-state index in [1.54, 1.807) is 0 Å². The molecule has 0 amide bonds. The van der Waals surface area contributed by atoms with Crippen LogP contribution in [0, 0.1) is 11.3 Å². The molecule has 0 heterocycles. The molecule has 1 unspecified atom stereocenters. The highest BCUT2D eigenvalue weighted by molar-refractivity contribution is 4.99. The van der Waals surface area contributed by atoms with E-state index in [1.165, 1.54) is 44.9 Å². The molecule has 22 heavy (non-hydrogen) atoms. The van der Waals surface area contributed by atoms with Crippen LogP contribution in [0.3, 0.4) is 0 Å². The second-order valence-corrected chi connectivity index (χ2v) is 6.08. The van der Waals surface area contributed by atoms with Crippen molar-refractivity contribution in [2.75, 3.05) is 26.9 Å². The standard InChI is InChI=1S/C16H33NO.2C2H6/c1-5-8-11-17(4)14-18-12-9-10-15-13-16(15,6-2)7-3;2*1-2/h15H,5-14H2,1-4H3;2*1-2H3. The lowest BCUT2D eigenvalue weighted by atomic mass is 9.95. The number of ether oxygens (including phenoxy) is 1. The SMILES string of the molecule is CC.CC.CCCCN(C)COCCCC1CC1(CC)CC. The van der Waals surface area contributed by atoms with Crippen LogP contribution in [0.4, 0.5) is 0 Å². The van der Waals surface area contributed by atoms with Gasteiger partial charge in [0.2, 0.25) is 0 Å². The Morgan fingerprint density at radius 1 is 1.00 bits per heavy atom. The van der Waals surface area contributed by atoms with Crippen molar-refractivity contribution < 1.29 is 4.74 Å². The van der Waals surface area contributed by atoms with Crippen molar-refractivity contribution in [1.29, 1.82) is 0 Å². The first-order valence-electron chi connectivity index (χ1n) is 9.94. The van der Waals surface area contributed by atoms with Crippen LogP contribution in [0.2, 0.25) is 0 Å². The average molecular weight is 316 g/mol. The summed E-state index contributed by atoms with van der Waals surface area (Å²) >= 11 is 0. The van der Waals surface area contributed by atoms with E-state index in [1.807, 2.05) is 27.7 Å². The summed E-state index contributed by atoms with van der Waals surface area (Å²) in [6.45, 7) is 17.8. The summed E-state index contributed by atoms with van der Waals surface area (Å²) in [6.07, 6.45) is 9.37. The first-order chi connectivity index (χ1) is 10.7. The zero-order chi connectivity index (χ0) is 17.4. The Morgan fingerprint density at radius 2 is 1.59 bits per heavy atom. The van der Waals surface area contributed by atoms with Crippen LogP contribution in [0.5, 0.6) is 0 Å². The summed E-state index contributed by atoms with van der Waals surface area (Å²) in [4.78, 5) is 2.28. The minimum Gasteiger partial charge on any atom is -0.366 e. The van der Waals surface area contributed by atoms with E-state index in [-0.39, 0.29) is 0 Å². The topological polar surface area (TPSA) is 12.5 Å². The van der Waals surface area contributed by atoms with E-state index in [4.69, 9.17) is 4.74 Å². The van der Waals surface area contributed by atoms with Crippen molar-refractivity contribution >= 4 is 0 Å². The summed E-state index contributed by atoms with van der Waals surface area (Å²) in [5.41, 5.74) is 0.720. The molecule has 1 rings (SSSR count). The summed E-state index contributed by atoms with van der Waals surface area (Å²) in [5.74, 6) is 0.994. The van der Waals surface area contributed by atoms with Gasteiger partial charge in [-0.15, -0.1) is 0 Å². The van der Waals surface area contributed by atoms with Crippen molar-refractivity contribution in [2.45, 2.75) is 93.4 Å². The van der Waals surface area contributed by atoms with E-state index >= 15 is 0 Å². The molecule has 0 N–H and O–H groups in total. The first kappa shape index (κ1) is 24.2. The lowest BCUT2D eigenvalue weighted by Crippen LogP contribution is -2.23. The Morgan fingerprint density at radius 3 is 2.05 bits per heavy atom. The van der Waals surface area contributed by atoms with Gasteiger partial charge in [-0.25, -0.2) is 0 Å². The third-order valence-electron chi connectivity index (χ3n) is 4.81. The van der Waals surface area contributed by atoms with Gasteiger partial charge in [0.15, 0.2) is 0 Å². The average Bonchev–Trinajstić information content (AvgIpc) is 3.30. The van der Waals surface area contributed by atoms with Crippen LogP contribution in [-0.4, -0.2) is 31.8 Å². The Balaban J connectivity index is 0. The summed E-state index contributed by atoms with van der Waals surface area (Å²) in [7, 11) is 2.15. The van der Waals surface area contributed by atoms with Gasteiger partial charge in [-0.1, -0.05) is 67.7 Å². The minimum atomic E-state index is 0.720. The number of rotatable bonds is 11. The quantitative estimate of drug-likeness (QED) is 0.325. The van der Waals surface area contributed by atoms with Gasteiger partial charge < -0.3 is 4.74 Å². The fraction of sp³-hybridized carbons (Fsp3) is 1.00. The van der Waals surface area contributed by atoms with Gasteiger partial charge in [0.05, 0.1) is 6.73 Å². The van der Waals surface area contributed by atoms with Crippen molar-refractivity contribution in [2.24, 2.45) is 11.3 Å². The molecule has 0 spiro atoms. The second kappa shape index (κ2) is 15.8. The van der Waals surface area contributed by atoms with Gasteiger partial charge >= 0.3 is 0 Å². The highest BCUT2D eigenvalue weighted by Crippen LogP contribution is 2.59. The maximum atomic E-state index is 5.73. The van der Waals surface area contributed by atoms with Crippen LogP contribution >= 0.6 is 0 Å². The highest BCUT2D eigenvalue weighted by atomic mass is 16.5. The molecule has 0 aromatic rings. The van der Waals surface area contributed by atoms with Crippen LogP contribution < -0.4 is 0 Å². The molecule has 1 aliphatic rings. The lowest BCUT2D eigenvalue weighted by Gasteiger charge is -2.16. The third-order valence-corrected chi connectivity index (χ3v) is 4.81. The fourth-order valence-corrected chi connectivity index (χ4v) is 3.10. The molecule has 1 aliphatic carbocycles. The molecule has 0 bridgehead atoms. The van der Waals surface area contributed by atoms with Gasteiger partial charge in [-0.3, -0.25) is 4.90 Å². The van der Waals surface area contributed by atoms with Crippen LogP contribution in [0.15, 0.2) is 0 Å². The van der Waals surface area contributed by atoms with Gasteiger partial charge in [-0.2, -0.15) is 0 Å². The number of hydrogen-bond acceptors (Lipinski definition) is 2. The maximum absolute atomic E-state index is 5.73. The van der Waals surface area contributed by atoms with E-state index in [9.17, 15) is 0 Å². The molecule has 1 saturated carbocycles. The van der Waals surface area contributed by atoms with Crippen molar-refractivity contribution in [3.05, 3.63) is 0 Å². The molecule has 0 aromatic carbocycles. The van der Waals surface area contributed by atoms with Crippen molar-refractivity contribution in [3.8, 4) is 0 Å². The maximum Gasteiger partial charge on any atom is 0.0987 e. The molecule has 0 aliphatic heterocycles. The van der Waals surface area contributed by atoms with Crippen LogP contribution in [0.1, 0.15) is 93.4 Å². The van der Waals surface area contributed by atoms with E-state index in [2.05, 4.69) is 32.7 Å². The Kier molecular flexibility index (Phi) is 17.4. The number of nitrogens with zero attached hydrogens (tertiary/aromatic N) is 1. The summed E-state index contributed by atoms with van der Waals surface area (Å²) in [5, 5.41) is 0. The molecule has 1 atom stereocenters. The molecule has 2 nitrogen and oxygen atoms in total. The van der Waals surface area contributed by atoms with Gasteiger partial charge in [-0.05, 0) is 50.6 Å². The van der Waals surface area contributed by atoms with Gasteiger partial charge in [0.1, 0.15) is 0 Å². The summed E-state index contributed by atoms with van der Waals surface area (Å²) in [6, 6.07) is 0. The smallest absolute Gasteiger partial charge is 0.0987 e. The Hall–Kier alpha value is -0.0800. The molecular weight excluding hydrogens is 270 g/mol. The largest absolute Gasteiger partial charge is 0.366 e. The molecule has 1 fully saturated rings. The van der Waals surface area contributed by atoms with Crippen molar-refractivity contribution in [1.82, 2.24) is 4.90 Å². The molecule has 0 saturated heterocycles. The van der Waals surface area contributed by atoms with Crippen molar-refractivity contribution in [3.63, 3.8) is 0 Å². The second-order valence-electron chi connectivity index (χ2n) is 6.08. The third kappa shape index (κ3) is 9.84. The Labute approximate surface area is 142 Å². The molecule has 0 radical (unpaired) electrons. The zero-order valence-electron chi connectivity index (χ0n) is 17.0. The van der Waals surface area contributed by atoms with E-state index in [0.717, 1.165) is 31.2 Å². The predicted molar refractivity (Wildman–Crippen MR) is 101 cm³/mol. The van der Waals surface area contributed by atoms with E-state index < -0.39 is 0 Å². The molecule has 0 aromatic heterocycles. The first-order valence-corrected chi connectivity index (χ1v) is 9.94. The molecule has 2 heteroatoms. The monoisotopic (exact) mass is 315 g/mol. The number of hydrogen-bond donors (Lipinski definition) is 0. The van der Waals surface area contributed by atoms with Gasteiger partial charge in [0.25, 0.3) is 0 Å². The molecule has 136 valence electrons. The molecular formula is C20H45NO. The zero-order valence-corrected chi connectivity index (χ0v) is 17.0. The van der Waals surface area contributed by atoms with Gasteiger partial charge in [0, 0.05) is 6.61 Å². The summed E-state index contributed by atoms with van der Waals surface area (Å²) < 4.78 is 5.73. The number of unbranched alkanes of at least 4 members (excludes halogenated alkanes) is 1. The highest BCUT2D eigenvalue weighted by Gasteiger charge is 2.49. The fourth-order valence-electron chi connectivity index (χ4n) is 3.10.